The van der Waals surface area contributed by atoms with E-state index in [1.807, 2.05) is 0 Å². The summed E-state index contributed by atoms with van der Waals surface area (Å²) in [5, 5.41) is 9.88. The summed E-state index contributed by atoms with van der Waals surface area (Å²) < 4.78 is 50.4. The Morgan fingerprint density at radius 1 is 1.15 bits per heavy atom. The van der Waals surface area contributed by atoms with Crippen LogP contribution in [0.2, 0.25) is 0 Å². The summed E-state index contributed by atoms with van der Waals surface area (Å²) in [4.78, 5) is 13.5. The first-order chi connectivity index (χ1) is 11.9. The van der Waals surface area contributed by atoms with E-state index in [9.17, 15) is 26.7 Å². The number of phenolic OH excluding ortho intramolecular Hbond substituents is 1. The molecule has 1 aliphatic rings. The molecule has 1 aromatic carbocycles. The number of aryl methyl sites for hydroxylation is 1. The molecule has 0 spiro atoms. The van der Waals surface area contributed by atoms with Crippen LogP contribution < -0.4 is 0 Å². The lowest BCUT2D eigenvalue weighted by atomic mass is 10.2. The van der Waals surface area contributed by atoms with Gasteiger partial charge in [0.25, 0.3) is 0 Å². The number of sulfonamides is 2. The molecule has 1 heterocycles. The molecule has 0 saturated carbocycles. The second kappa shape index (κ2) is 7.51. The number of aromatic hydroxyl groups is 1. The molecule has 0 aliphatic carbocycles. The van der Waals surface area contributed by atoms with E-state index < -0.39 is 20.0 Å². The monoisotopic (exact) mass is 405 g/mol. The summed E-state index contributed by atoms with van der Waals surface area (Å²) in [7, 11) is -6.02. The van der Waals surface area contributed by atoms with E-state index >= 15 is 0 Å². The van der Waals surface area contributed by atoms with Crippen molar-refractivity contribution in [2.24, 2.45) is 0 Å². The number of piperazine rings is 1. The van der Waals surface area contributed by atoms with Crippen LogP contribution in [0.15, 0.2) is 23.1 Å². The Bertz CT molecular complexity index is 890. The zero-order chi connectivity index (χ0) is 19.7. The van der Waals surface area contributed by atoms with Crippen LogP contribution in [0.4, 0.5) is 0 Å². The highest BCUT2D eigenvalue weighted by molar-refractivity contribution is 7.89. The summed E-state index contributed by atoms with van der Waals surface area (Å²) in [6.07, 6.45) is 1.01. The van der Waals surface area contributed by atoms with Gasteiger partial charge in [-0.05, 0) is 24.6 Å². The lowest BCUT2D eigenvalue weighted by molar-refractivity contribution is -0.132. The quantitative estimate of drug-likeness (QED) is 0.701. The molecule has 11 heteroatoms. The minimum Gasteiger partial charge on any atom is -0.507 e. The van der Waals surface area contributed by atoms with Gasteiger partial charge in [0.1, 0.15) is 10.6 Å². The standard InChI is InChI=1S/C15H23N3O6S2/c1-12-4-5-13(19)14(10-12)26(23,24)18-8-6-17(7-9-18)15(20)11-16(2)25(3,21)22/h4-5,10,19H,6-9,11H2,1-3H3. The van der Waals surface area contributed by atoms with Crippen molar-refractivity contribution in [2.45, 2.75) is 11.8 Å². The van der Waals surface area contributed by atoms with Crippen LogP contribution >= 0.6 is 0 Å². The van der Waals surface area contributed by atoms with Gasteiger partial charge >= 0.3 is 0 Å². The number of carbonyl (C=O) groups is 1. The highest BCUT2D eigenvalue weighted by atomic mass is 32.2. The van der Waals surface area contributed by atoms with Gasteiger partial charge in [0.2, 0.25) is 26.0 Å². The van der Waals surface area contributed by atoms with Gasteiger partial charge in [-0.2, -0.15) is 8.61 Å². The zero-order valence-electron chi connectivity index (χ0n) is 14.9. The minimum absolute atomic E-state index is 0.0735. The van der Waals surface area contributed by atoms with Gasteiger partial charge in [0.15, 0.2) is 0 Å². The number of benzene rings is 1. The van der Waals surface area contributed by atoms with Crippen LogP contribution in [0.5, 0.6) is 5.75 Å². The number of hydrogen-bond acceptors (Lipinski definition) is 6. The Morgan fingerprint density at radius 2 is 1.73 bits per heavy atom. The van der Waals surface area contributed by atoms with Crippen molar-refractivity contribution in [1.82, 2.24) is 13.5 Å². The Hall–Kier alpha value is -1.69. The smallest absolute Gasteiger partial charge is 0.246 e. The van der Waals surface area contributed by atoms with Gasteiger partial charge in [-0.3, -0.25) is 4.79 Å². The number of carbonyl (C=O) groups excluding carboxylic acids is 1. The first kappa shape index (κ1) is 20.6. The van der Waals surface area contributed by atoms with Crippen molar-refractivity contribution in [2.75, 3.05) is 46.0 Å². The largest absolute Gasteiger partial charge is 0.507 e. The maximum Gasteiger partial charge on any atom is 0.246 e. The van der Waals surface area contributed by atoms with Gasteiger partial charge in [-0.25, -0.2) is 16.8 Å². The molecule has 1 aliphatic heterocycles. The fraction of sp³-hybridized carbons (Fsp3) is 0.533. The third-order valence-corrected chi connectivity index (χ3v) is 7.44. The van der Waals surface area contributed by atoms with Gasteiger partial charge in [0.05, 0.1) is 12.8 Å². The highest BCUT2D eigenvalue weighted by Crippen LogP contribution is 2.27. The van der Waals surface area contributed by atoms with Crippen molar-refractivity contribution in [1.29, 1.82) is 0 Å². The highest BCUT2D eigenvalue weighted by Gasteiger charge is 2.32. The molecule has 1 amide bonds. The van der Waals surface area contributed by atoms with Gasteiger partial charge in [0, 0.05) is 33.2 Å². The van der Waals surface area contributed by atoms with Crippen LogP contribution in [0.25, 0.3) is 0 Å². The van der Waals surface area contributed by atoms with Crippen LogP contribution in [0.3, 0.4) is 0 Å². The zero-order valence-corrected chi connectivity index (χ0v) is 16.5. The van der Waals surface area contributed by atoms with E-state index in [0.717, 1.165) is 10.6 Å². The predicted octanol–water partition coefficient (Wildman–Crippen LogP) is -0.575. The molecule has 0 aromatic heterocycles. The molecular weight excluding hydrogens is 382 g/mol. The average molecular weight is 405 g/mol. The number of phenols is 1. The maximum atomic E-state index is 12.7. The topological polar surface area (TPSA) is 115 Å². The van der Waals surface area contributed by atoms with E-state index in [1.165, 1.54) is 28.4 Å². The summed E-state index contributed by atoms with van der Waals surface area (Å²) in [6.45, 7) is 1.90. The molecule has 1 fully saturated rings. The third-order valence-electron chi connectivity index (χ3n) is 4.25. The van der Waals surface area contributed by atoms with Crippen LogP contribution in [0, 0.1) is 6.92 Å². The molecule has 146 valence electrons. The number of nitrogens with zero attached hydrogens (tertiary/aromatic N) is 3. The van der Waals surface area contributed by atoms with Crippen molar-refractivity contribution in [3.05, 3.63) is 23.8 Å². The van der Waals surface area contributed by atoms with Gasteiger partial charge < -0.3 is 10.0 Å². The Balaban J connectivity index is 2.06. The molecule has 0 radical (unpaired) electrons. The lowest BCUT2D eigenvalue weighted by Gasteiger charge is -2.34. The molecular formula is C15H23N3O6S2. The maximum absolute atomic E-state index is 12.7. The number of rotatable bonds is 5. The Labute approximate surface area is 153 Å². The van der Waals surface area contributed by atoms with E-state index in [4.69, 9.17) is 0 Å². The molecule has 9 nitrogen and oxygen atoms in total. The van der Waals surface area contributed by atoms with Crippen LogP contribution in [-0.2, 0) is 24.8 Å². The minimum atomic E-state index is -3.87. The molecule has 0 unspecified atom stereocenters. The molecule has 0 bridgehead atoms. The van der Waals surface area contributed by atoms with Gasteiger partial charge in [-0.1, -0.05) is 6.07 Å². The van der Waals surface area contributed by atoms with Crippen LogP contribution in [0.1, 0.15) is 5.56 Å². The summed E-state index contributed by atoms with van der Waals surface area (Å²) >= 11 is 0. The normalized spacial score (nSPS) is 16.8. The fourth-order valence-corrected chi connectivity index (χ4v) is 4.49. The van der Waals surface area contributed by atoms with E-state index in [2.05, 4.69) is 0 Å². The molecule has 26 heavy (non-hydrogen) atoms. The molecule has 2 rings (SSSR count). The average Bonchev–Trinajstić information content (AvgIpc) is 2.56. The van der Waals surface area contributed by atoms with Crippen molar-refractivity contribution in [3.63, 3.8) is 0 Å². The van der Waals surface area contributed by atoms with Crippen molar-refractivity contribution in [3.8, 4) is 5.75 Å². The Morgan fingerprint density at radius 3 is 2.27 bits per heavy atom. The molecule has 1 N–H and O–H groups in total. The first-order valence-corrected chi connectivity index (χ1v) is 11.2. The van der Waals surface area contributed by atoms with Gasteiger partial charge in [-0.15, -0.1) is 0 Å². The lowest BCUT2D eigenvalue weighted by Crippen LogP contribution is -2.52. The van der Waals surface area contributed by atoms with E-state index in [1.54, 1.807) is 13.0 Å². The van der Waals surface area contributed by atoms with Crippen LogP contribution in [-0.4, -0.2) is 87.4 Å². The predicted molar refractivity (Wildman–Crippen MR) is 95.7 cm³/mol. The number of amides is 1. The van der Waals surface area contributed by atoms with E-state index in [-0.39, 0.29) is 49.3 Å². The Kier molecular flexibility index (Phi) is 5.95. The summed E-state index contributed by atoms with van der Waals surface area (Å²) in [6, 6.07) is 4.36. The fourth-order valence-electron chi connectivity index (χ4n) is 2.55. The number of likely N-dealkylation sites (N-methyl/N-ethyl adjacent to an activating group) is 1. The van der Waals surface area contributed by atoms with Crippen molar-refractivity contribution < 1.29 is 26.7 Å². The molecule has 1 aromatic rings. The van der Waals surface area contributed by atoms with Crippen molar-refractivity contribution >= 4 is 26.0 Å². The SMILES string of the molecule is Cc1ccc(O)c(S(=O)(=O)N2CCN(C(=O)CN(C)S(C)(=O)=O)CC2)c1. The molecule has 1 saturated heterocycles. The summed E-state index contributed by atoms with van der Waals surface area (Å²) in [5.41, 5.74) is 0.707. The summed E-state index contributed by atoms with van der Waals surface area (Å²) in [5.74, 6) is -0.697. The second-order valence-corrected chi connectivity index (χ2v) is 10.3. The number of hydrogen-bond donors (Lipinski definition) is 1. The third kappa shape index (κ3) is 4.53. The second-order valence-electron chi connectivity index (χ2n) is 6.28. The molecule has 0 atom stereocenters. The first-order valence-electron chi connectivity index (χ1n) is 7.92. The van der Waals surface area contributed by atoms with E-state index in [0.29, 0.717) is 5.56 Å².